The van der Waals surface area contributed by atoms with Crippen molar-refractivity contribution in [1.29, 1.82) is 0 Å². The van der Waals surface area contributed by atoms with Crippen LogP contribution in [-0.2, 0) is 20.7 Å². The summed E-state index contributed by atoms with van der Waals surface area (Å²) in [4.78, 5) is 23.6. The molecule has 0 aromatic carbocycles. The topological polar surface area (TPSA) is 122 Å². The molecule has 1 saturated carbocycles. The van der Waals surface area contributed by atoms with Gasteiger partial charge >= 0.3 is 5.97 Å². The molecule has 3 N–H and O–H groups in total. The normalized spacial score (nSPS) is 31.4. The summed E-state index contributed by atoms with van der Waals surface area (Å²) < 4.78 is 14.0. The van der Waals surface area contributed by atoms with Gasteiger partial charge in [-0.1, -0.05) is 11.6 Å². The number of esters is 1. The zero-order chi connectivity index (χ0) is 20.9. The summed E-state index contributed by atoms with van der Waals surface area (Å²) in [7, 11) is 0. The zero-order valence-corrected chi connectivity index (χ0v) is 16.7. The van der Waals surface area contributed by atoms with Gasteiger partial charge in [0.2, 0.25) is 5.91 Å². The second-order valence-electron chi connectivity index (χ2n) is 8.16. The van der Waals surface area contributed by atoms with Gasteiger partial charge in [0.05, 0.1) is 7.98 Å². The number of rotatable bonds is 8. The van der Waals surface area contributed by atoms with Crippen LogP contribution in [0.5, 0.6) is 0 Å². The van der Waals surface area contributed by atoms with E-state index in [4.69, 9.17) is 6.11 Å². The van der Waals surface area contributed by atoms with Gasteiger partial charge in [0.25, 0.3) is 0 Å². The Morgan fingerprint density at radius 3 is 2.96 bits per heavy atom. The number of piperidine rings is 1. The SMILES string of the molecule is [2H][C@@]1(C(=O)OCC[C@H](C)NC(C)=O)C[C@H]2C[C@@H](CCc3nn[nH]n3)CC[C@H]2CN1. The lowest BCUT2D eigenvalue weighted by molar-refractivity contribution is -0.148. The molecule has 0 radical (unpaired) electrons. The minimum absolute atomic E-state index is 0.0658. The molecule has 3 rings (SSSR count). The average Bonchev–Trinajstić information content (AvgIpc) is 3.19. The van der Waals surface area contributed by atoms with Gasteiger partial charge < -0.3 is 15.4 Å². The predicted molar refractivity (Wildman–Crippen MR) is 102 cm³/mol. The molecule has 1 saturated heterocycles. The molecule has 2 aliphatic rings. The van der Waals surface area contributed by atoms with Gasteiger partial charge in [-0.3, -0.25) is 9.59 Å². The largest absolute Gasteiger partial charge is 0.464 e. The van der Waals surface area contributed by atoms with Crippen LogP contribution >= 0.6 is 0 Å². The van der Waals surface area contributed by atoms with Crippen molar-refractivity contribution in [2.45, 2.75) is 70.9 Å². The Labute approximate surface area is 167 Å². The number of aryl methyl sites for hydroxylation is 1. The number of hydrogen-bond acceptors (Lipinski definition) is 7. The Morgan fingerprint density at radius 1 is 1.36 bits per heavy atom. The number of nitrogens with zero attached hydrogens (tertiary/aromatic N) is 3. The quantitative estimate of drug-likeness (QED) is 0.563. The van der Waals surface area contributed by atoms with E-state index < -0.39 is 12.0 Å². The number of tetrazole rings is 1. The molecule has 156 valence electrons. The van der Waals surface area contributed by atoms with Crippen LogP contribution in [0.4, 0.5) is 0 Å². The van der Waals surface area contributed by atoms with Gasteiger partial charge in [-0.15, -0.1) is 10.2 Å². The van der Waals surface area contributed by atoms with Crippen molar-refractivity contribution in [1.82, 2.24) is 31.3 Å². The predicted octanol–water partition coefficient (Wildman–Crippen LogP) is 0.985. The molecular weight excluding hydrogens is 360 g/mol. The maximum absolute atomic E-state index is 12.6. The second-order valence-corrected chi connectivity index (χ2v) is 8.16. The molecule has 1 aromatic rings. The van der Waals surface area contributed by atoms with E-state index in [9.17, 15) is 9.59 Å². The summed E-state index contributed by atoms with van der Waals surface area (Å²) in [5.74, 6) is 1.55. The van der Waals surface area contributed by atoms with Crippen molar-refractivity contribution in [3.63, 3.8) is 0 Å². The summed E-state index contributed by atoms with van der Waals surface area (Å²) >= 11 is 0. The Hall–Kier alpha value is -2.03. The van der Waals surface area contributed by atoms with Crippen LogP contribution in [0.25, 0.3) is 0 Å². The molecule has 9 nitrogen and oxygen atoms in total. The molecule has 1 aliphatic heterocycles. The fourth-order valence-corrected chi connectivity index (χ4v) is 4.41. The third-order valence-electron chi connectivity index (χ3n) is 5.94. The molecular formula is C19H32N6O3. The van der Waals surface area contributed by atoms with Crippen LogP contribution in [0, 0.1) is 17.8 Å². The summed E-state index contributed by atoms with van der Waals surface area (Å²) in [6.07, 6.45) is 6.13. The van der Waals surface area contributed by atoms with E-state index in [0.717, 1.165) is 37.9 Å². The van der Waals surface area contributed by atoms with Gasteiger partial charge in [0.15, 0.2) is 5.82 Å². The van der Waals surface area contributed by atoms with E-state index in [0.29, 0.717) is 37.1 Å². The van der Waals surface area contributed by atoms with Gasteiger partial charge in [0, 0.05) is 25.8 Å². The Bertz CT molecular complexity index is 687. The summed E-state index contributed by atoms with van der Waals surface area (Å²) in [5.41, 5.74) is 0. The first-order valence-electron chi connectivity index (χ1n) is 10.8. The number of hydrogen-bond donors (Lipinski definition) is 3. The second kappa shape index (κ2) is 9.95. The summed E-state index contributed by atoms with van der Waals surface area (Å²) in [6.45, 7) is 4.21. The molecule has 1 amide bonds. The first-order valence-corrected chi connectivity index (χ1v) is 10.3. The van der Waals surface area contributed by atoms with Gasteiger partial charge in [-0.25, -0.2) is 0 Å². The van der Waals surface area contributed by atoms with Crippen LogP contribution in [-0.4, -0.2) is 57.7 Å². The number of aromatic nitrogens is 4. The smallest absolute Gasteiger partial charge is 0.323 e. The molecule has 0 bridgehead atoms. The van der Waals surface area contributed by atoms with Crippen LogP contribution in [0.3, 0.4) is 0 Å². The van der Waals surface area contributed by atoms with Crippen molar-refractivity contribution < 1.29 is 15.7 Å². The molecule has 1 aromatic heterocycles. The van der Waals surface area contributed by atoms with E-state index in [1.807, 2.05) is 6.92 Å². The maximum Gasteiger partial charge on any atom is 0.323 e. The fraction of sp³-hybridized carbons (Fsp3) is 0.842. The number of carbonyl (C=O) groups is 2. The lowest BCUT2D eigenvalue weighted by Crippen LogP contribution is -2.50. The molecule has 2 fully saturated rings. The summed E-state index contributed by atoms with van der Waals surface area (Å²) in [6, 6.07) is -1.45. The van der Waals surface area contributed by atoms with Crippen LogP contribution in [0.1, 0.15) is 59.6 Å². The Morgan fingerprint density at radius 2 is 2.21 bits per heavy atom. The molecule has 28 heavy (non-hydrogen) atoms. The van der Waals surface area contributed by atoms with Crippen LogP contribution in [0.2, 0.25) is 0 Å². The minimum Gasteiger partial charge on any atom is -0.464 e. The highest BCUT2D eigenvalue weighted by molar-refractivity contribution is 5.76. The maximum atomic E-state index is 12.6. The van der Waals surface area contributed by atoms with Crippen molar-refractivity contribution in [2.24, 2.45) is 17.8 Å². The third kappa shape index (κ3) is 5.98. The van der Waals surface area contributed by atoms with Crippen molar-refractivity contribution in [3.8, 4) is 0 Å². The molecule has 0 unspecified atom stereocenters. The standard InChI is InChI=1S/C19H32N6O3/c1-12(21-13(2)26)7-8-28-19(27)17-10-16-9-14(3-5-15(16)11-20-17)4-6-18-22-24-25-23-18/h12,14-17,20H,3-11H2,1-2H3,(H,21,26)(H,22,23,24,25)/t12-,14+,15-,16+,17-/m0/s1/i17D. The van der Waals surface area contributed by atoms with Crippen LogP contribution < -0.4 is 10.6 Å². The van der Waals surface area contributed by atoms with E-state index in [-0.39, 0.29) is 18.6 Å². The third-order valence-corrected chi connectivity index (χ3v) is 5.94. The first kappa shape index (κ1) is 19.3. The number of H-pyrrole nitrogens is 1. The zero-order valence-electron chi connectivity index (χ0n) is 17.7. The van der Waals surface area contributed by atoms with Crippen molar-refractivity contribution >= 4 is 11.9 Å². The number of nitrogens with one attached hydrogen (secondary N) is 3. The molecule has 2 heterocycles. The van der Waals surface area contributed by atoms with E-state index in [1.54, 1.807) is 0 Å². The van der Waals surface area contributed by atoms with E-state index >= 15 is 0 Å². The van der Waals surface area contributed by atoms with Crippen molar-refractivity contribution in [2.75, 3.05) is 13.2 Å². The fourth-order valence-electron chi connectivity index (χ4n) is 4.41. The van der Waals surface area contributed by atoms with E-state index in [1.165, 1.54) is 6.92 Å². The number of ether oxygens (including phenoxy) is 1. The molecule has 9 heteroatoms. The monoisotopic (exact) mass is 393 g/mol. The highest BCUT2D eigenvalue weighted by atomic mass is 16.5. The van der Waals surface area contributed by atoms with Gasteiger partial charge in [-0.05, 0) is 56.9 Å². The number of fused-ring (bicyclic) bond motifs is 1. The van der Waals surface area contributed by atoms with Crippen LogP contribution in [0.15, 0.2) is 0 Å². The molecule has 0 spiro atoms. The van der Waals surface area contributed by atoms with Gasteiger partial charge in [-0.2, -0.15) is 5.21 Å². The highest BCUT2D eigenvalue weighted by Gasteiger charge is 2.38. The number of carbonyl (C=O) groups excluding carboxylic acids is 2. The summed E-state index contributed by atoms with van der Waals surface area (Å²) in [5, 5.41) is 20.0. The Balaban J connectivity index is 1.46. The molecule has 5 atom stereocenters. The lowest BCUT2D eigenvalue weighted by Gasteiger charge is -2.42. The first-order chi connectivity index (χ1) is 13.9. The van der Waals surface area contributed by atoms with Crippen molar-refractivity contribution in [3.05, 3.63) is 5.82 Å². The van der Waals surface area contributed by atoms with E-state index in [2.05, 4.69) is 31.3 Å². The minimum atomic E-state index is -1.38. The number of amides is 1. The lowest BCUT2D eigenvalue weighted by atomic mass is 9.69. The van der Waals surface area contributed by atoms with Gasteiger partial charge in [0.1, 0.15) is 6.02 Å². The average molecular weight is 394 g/mol. The number of aromatic amines is 1. The highest BCUT2D eigenvalue weighted by Crippen LogP contribution is 2.40. The molecule has 1 aliphatic carbocycles. The Kier molecular flexibility index (Phi) is 6.86.